The molecule has 0 spiro atoms. The minimum atomic E-state index is -1.06. The second-order valence-corrected chi connectivity index (χ2v) is 7.38. The number of benzene rings is 3. The minimum Gasteiger partial charge on any atom is -0.449 e. The number of amides is 1. The summed E-state index contributed by atoms with van der Waals surface area (Å²) in [5.41, 5.74) is 3.74. The van der Waals surface area contributed by atoms with Crippen molar-refractivity contribution >= 4 is 23.3 Å². The Morgan fingerprint density at radius 3 is 2.16 bits per heavy atom. The first kappa shape index (κ1) is 22.0. The van der Waals surface area contributed by atoms with Crippen molar-refractivity contribution in [2.75, 3.05) is 5.32 Å². The van der Waals surface area contributed by atoms with Gasteiger partial charge in [0.25, 0.3) is 0 Å². The van der Waals surface area contributed by atoms with Crippen LogP contribution >= 0.6 is 0 Å². The Labute approximate surface area is 182 Å². The summed E-state index contributed by atoms with van der Waals surface area (Å²) in [5.74, 6) is -1.19. The Kier molecular flexibility index (Phi) is 7.33. The molecule has 1 N–H and O–H groups in total. The highest BCUT2D eigenvalue weighted by Crippen LogP contribution is 2.23. The van der Waals surface area contributed by atoms with E-state index in [2.05, 4.69) is 5.32 Å². The van der Waals surface area contributed by atoms with E-state index in [4.69, 9.17) is 4.74 Å². The van der Waals surface area contributed by atoms with Gasteiger partial charge < -0.3 is 10.1 Å². The number of Topliss-reactive ketones (excluding diaryl/α,β-unsaturated/α-hetero) is 1. The van der Waals surface area contributed by atoms with Crippen molar-refractivity contribution in [1.29, 1.82) is 0 Å². The van der Waals surface area contributed by atoms with Crippen LogP contribution in [0, 0.1) is 13.8 Å². The second-order valence-electron chi connectivity index (χ2n) is 7.38. The smallest absolute Gasteiger partial charge is 0.307 e. The number of rotatable bonds is 8. The number of nitrogens with one attached hydrogen (secondary N) is 1. The maximum atomic E-state index is 13.0. The van der Waals surface area contributed by atoms with Gasteiger partial charge in [0.05, 0.1) is 6.42 Å². The quantitative estimate of drug-likeness (QED) is 0.406. The summed E-state index contributed by atoms with van der Waals surface area (Å²) in [4.78, 5) is 37.8. The molecule has 0 aliphatic carbocycles. The van der Waals surface area contributed by atoms with Crippen LogP contribution in [0.2, 0.25) is 0 Å². The van der Waals surface area contributed by atoms with Crippen LogP contribution in [0.4, 0.5) is 5.69 Å². The van der Waals surface area contributed by atoms with Crippen LogP contribution in [-0.2, 0) is 14.3 Å². The number of ether oxygens (including phenoxy) is 1. The molecule has 0 heterocycles. The van der Waals surface area contributed by atoms with E-state index in [1.54, 1.807) is 48.5 Å². The fourth-order valence-electron chi connectivity index (χ4n) is 3.14. The van der Waals surface area contributed by atoms with E-state index >= 15 is 0 Å². The Morgan fingerprint density at radius 2 is 1.48 bits per heavy atom. The molecule has 3 aromatic rings. The summed E-state index contributed by atoms with van der Waals surface area (Å²) in [6.45, 7) is 3.85. The van der Waals surface area contributed by atoms with E-state index in [0.29, 0.717) is 11.1 Å². The minimum absolute atomic E-state index is 0.0345. The van der Waals surface area contributed by atoms with E-state index in [0.717, 1.165) is 16.8 Å². The number of carbonyl (C=O) groups is 3. The zero-order chi connectivity index (χ0) is 22.2. The Morgan fingerprint density at radius 1 is 0.839 bits per heavy atom. The van der Waals surface area contributed by atoms with Gasteiger partial charge in [0.15, 0.2) is 6.10 Å². The first-order valence-corrected chi connectivity index (χ1v) is 10.1. The van der Waals surface area contributed by atoms with Crippen molar-refractivity contribution in [1.82, 2.24) is 0 Å². The Balaban J connectivity index is 1.64. The largest absolute Gasteiger partial charge is 0.449 e. The number of aryl methyl sites for hydroxylation is 2. The van der Waals surface area contributed by atoms with Gasteiger partial charge >= 0.3 is 5.97 Å². The van der Waals surface area contributed by atoms with Gasteiger partial charge in [-0.1, -0.05) is 72.8 Å². The predicted molar refractivity (Wildman–Crippen MR) is 120 cm³/mol. The van der Waals surface area contributed by atoms with E-state index in [9.17, 15) is 14.4 Å². The molecule has 0 saturated carbocycles. The lowest BCUT2D eigenvalue weighted by Crippen LogP contribution is -2.21. The van der Waals surface area contributed by atoms with Crippen LogP contribution in [0.15, 0.2) is 78.9 Å². The Bertz CT molecular complexity index is 1060. The van der Waals surface area contributed by atoms with Crippen molar-refractivity contribution < 1.29 is 19.1 Å². The second kappa shape index (κ2) is 10.3. The van der Waals surface area contributed by atoms with Crippen LogP contribution in [0.25, 0.3) is 0 Å². The summed E-state index contributed by atoms with van der Waals surface area (Å²) >= 11 is 0. The maximum Gasteiger partial charge on any atom is 0.307 e. The SMILES string of the molecule is Cc1ccc(C)c(NC(=O)CCC(=O)O[C@H](C(=O)c2ccccc2)c2ccccc2)c1. The molecule has 0 aromatic heterocycles. The molecule has 158 valence electrons. The molecule has 5 nitrogen and oxygen atoms in total. The summed E-state index contributed by atoms with van der Waals surface area (Å²) in [6.07, 6.45) is -1.21. The molecule has 1 amide bonds. The van der Waals surface area contributed by atoms with Crippen molar-refractivity contribution in [2.24, 2.45) is 0 Å². The van der Waals surface area contributed by atoms with Gasteiger partial charge in [-0.25, -0.2) is 0 Å². The summed E-state index contributed by atoms with van der Waals surface area (Å²) in [5, 5.41) is 2.83. The fourth-order valence-corrected chi connectivity index (χ4v) is 3.14. The zero-order valence-electron chi connectivity index (χ0n) is 17.6. The van der Waals surface area contributed by atoms with Gasteiger partial charge in [0.2, 0.25) is 11.7 Å². The fraction of sp³-hybridized carbons (Fsp3) is 0.192. The van der Waals surface area contributed by atoms with Gasteiger partial charge in [-0.2, -0.15) is 0 Å². The van der Waals surface area contributed by atoms with Crippen LogP contribution in [0.1, 0.15) is 46.0 Å². The highest BCUT2D eigenvalue weighted by molar-refractivity contribution is 6.01. The number of anilines is 1. The first-order chi connectivity index (χ1) is 14.9. The van der Waals surface area contributed by atoms with Crippen molar-refractivity contribution in [3.8, 4) is 0 Å². The third-order valence-corrected chi connectivity index (χ3v) is 4.87. The van der Waals surface area contributed by atoms with Gasteiger partial charge in [0, 0.05) is 23.2 Å². The average molecular weight is 415 g/mol. The zero-order valence-corrected chi connectivity index (χ0v) is 17.6. The molecule has 0 unspecified atom stereocenters. The molecule has 0 radical (unpaired) electrons. The number of hydrogen-bond donors (Lipinski definition) is 1. The normalized spacial score (nSPS) is 11.4. The molecular formula is C26H25NO4. The predicted octanol–water partition coefficient (Wildman–Crippen LogP) is 5.19. The molecule has 31 heavy (non-hydrogen) atoms. The topological polar surface area (TPSA) is 72.5 Å². The first-order valence-electron chi connectivity index (χ1n) is 10.1. The van der Waals surface area contributed by atoms with Crippen LogP contribution in [0.5, 0.6) is 0 Å². The number of ketones is 1. The summed E-state index contributed by atoms with van der Waals surface area (Å²) in [7, 11) is 0. The van der Waals surface area contributed by atoms with Gasteiger partial charge in [-0.05, 0) is 31.0 Å². The third kappa shape index (κ3) is 6.12. The number of hydrogen-bond acceptors (Lipinski definition) is 4. The highest BCUT2D eigenvalue weighted by Gasteiger charge is 2.26. The molecule has 5 heteroatoms. The van der Waals surface area contributed by atoms with E-state index in [1.807, 2.05) is 44.2 Å². The highest BCUT2D eigenvalue weighted by atomic mass is 16.5. The van der Waals surface area contributed by atoms with Crippen molar-refractivity contribution in [3.63, 3.8) is 0 Å². The maximum absolute atomic E-state index is 13.0. The van der Waals surface area contributed by atoms with Gasteiger partial charge in [-0.15, -0.1) is 0 Å². The van der Waals surface area contributed by atoms with E-state index in [1.165, 1.54) is 0 Å². The van der Waals surface area contributed by atoms with Crippen LogP contribution < -0.4 is 5.32 Å². The van der Waals surface area contributed by atoms with Crippen LogP contribution in [-0.4, -0.2) is 17.7 Å². The van der Waals surface area contributed by atoms with E-state index in [-0.39, 0.29) is 24.5 Å². The molecule has 0 aliphatic heterocycles. The lowest BCUT2D eigenvalue weighted by molar-refractivity contribution is -0.148. The molecule has 1 atom stereocenters. The molecule has 0 bridgehead atoms. The average Bonchev–Trinajstić information content (AvgIpc) is 2.79. The lowest BCUT2D eigenvalue weighted by Gasteiger charge is -2.17. The molecule has 0 fully saturated rings. The molecular weight excluding hydrogens is 390 g/mol. The van der Waals surface area contributed by atoms with E-state index < -0.39 is 12.1 Å². The molecule has 0 saturated heterocycles. The third-order valence-electron chi connectivity index (χ3n) is 4.87. The Hall–Kier alpha value is -3.73. The van der Waals surface area contributed by atoms with Crippen LogP contribution in [0.3, 0.4) is 0 Å². The standard InChI is InChI=1S/C26H25NO4/c1-18-13-14-19(2)22(17-18)27-23(28)15-16-24(29)31-26(21-11-7-4-8-12-21)25(30)20-9-5-3-6-10-20/h3-14,17,26H,15-16H2,1-2H3,(H,27,28)/t26-/m0/s1. The lowest BCUT2D eigenvalue weighted by atomic mass is 10.00. The van der Waals surface area contributed by atoms with Gasteiger partial charge in [0.1, 0.15) is 0 Å². The molecule has 3 rings (SSSR count). The van der Waals surface area contributed by atoms with Gasteiger partial charge in [-0.3, -0.25) is 14.4 Å². The summed E-state index contributed by atoms with van der Waals surface area (Å²) in [6, 6.07) is 23.4. The molecule has 0 aliphatic rings. The van der Waals surface area contributed by atoms with Crippen molar-refractivity contribution in [3.05, 3.63) is 101 Å². The number of carbonyl (C=O) groups excluding carboxylic acids is 3. The van der Waals surface area contributed by atoms with Crippen molar-refractivity contribution in [2.45, 2.75) is 32.8 Å². The number of esters is 1. The summed E-state index contributed by atoms with van der Waals surface area (Å²) < 4.78 is 5.53. The monoisotopic (exact) mass is 415 g/mol. The molecule has 3 aromatic carbocycles.